The lowest BCUT2D eigenvalue weighted by Crippen LogP contribution is -2.37. The first-order valence-corrected chi connectivity index (χ1v) is 2.59. The Morgan fingerprint density at radius 3 is 2.57 bits per heavy atom. The predicted octanol–water partition coefficient (Wildman–Crippen LogP) is 0.156. The largest absolute Gasteiger partial charge is 0.394 e. The van der Waals surface area contributed by atoms with Crippen LogP contribution in [-0.4, -0.2) is 23.9 Å². The van der Waals surface area contributed by atoms with Crippen LogP contribution in [0.15, 0.2) is 0 Å². The average Bonchev–Trinajstić information content (AvgIpc) is 1.58. The highest BCUT2D eigenvalue weighted by molar-refractivity contribution is 4.71. The first-order valence-electron chi connectivity index (χ1n) is 2.59. The van der Waals surface area contributed by atoms with Gasteiger partial charge in [0.25, 0.3) is 0 Å². The maximum Gasteiger partial charge on any atom is 0.0833 e. The number of ether oxygens (including phenoxy) is 1. The summed E-state index contributed by atoms with van der Waals surface area (Å²) in [4.78, 5) is 0. The van der Waals surface area contributed by atoms with Gasteiger partial charge in [0.15, 0.2) is 0 Å². The monoisotopic (exact) mass is 102 g/mol. The molecule has 2 nitrogen and oxygen atoms in total. The molecule has 0 aliphatic carbocycles. The molecule has 0 saturated carbocycles. The van der Waals surface area contributed by atoms with Gasteiger partial charge >= 0.3 is 0 Å². The molecule has 1 fully saturated rings. The van der Waals surface area contributed by atoms with E-state index in [-0.39, 0.29) is 12.7 Å². The van der Waals surface area contributed by atoms with Crippen LogP contribution in [0.4, 0.5) is 0 Å². The van der Waals surface area contributed by atoms with Crippen LogP contribution in [0.5, 0.6) is 0 Å². The molecule has 0 radical (unpaired) electrons. The minimum atomic E-state index is 0.148. The van der Waals surface area contributed by atoms with E-state index in [0.717, 1.165) is 6.42 Å². The average molecular weight is 102 g/mol. The van der Waals surface area contributed by atoms with Gasteiger partial charge in [0.1, 0.15) is 0 Å². The Hall–Kier alpha value is -0.0800. The fraction of sp³-hybridized carbons (Fsp3) is 1.00. The molecule has 0 aromatic heterocycles. The second kappa shape index (κ2) is 1.80. The second-order valence-electron chi connectivity index (χ2n) is 1.99. The first-order chi connectivity index (χ1) is 3.33. The molecule has 2 heteroatoms. The fourth-order valence-electron chi connectivity index (χ4n) is 0.805. The maximum atomic E-state index is 8.38. The minimum absolute atomic E-state index is 0.148. The molecule has 1 saturated heterocycles. The summed E-state index contributed by atoms with van der Waals surface area (Å²) in [5, 5.41) is 8.38. The van der Waals surface area contributed by atoms with Gasteiger partial charge in [0.2, 0.25) is 0 Å². The number of aliphatic hydroxyl groups is 1. The van der Waals surface area contributed by atoms with Crippen LogP contribution < -0.4 is 0 Å². The van der Waals surface area contributed by atoms with Crippen molar-refractivity contribution in [3.8, 4) is 0 Å². The molecule has 1 heterocycles. The van der Waals surface area contributed by atoms with Crippen LogP contribution in [0.25, 0.3) is 0 Å². The topological polar surface area (TPSA) is 29.5 Å². The lowest BCUT2D eigenvalue weighted by atomic mass is 10.1. The number of aliphatic hydroxyl groups excluding tert-OH is 1. The van der Waals surface area contributed by atoms with Gasteiger partial charge in [0.05, 0.1) is 18.8 Å². The van der Waals surface area contributed by atoms with Crippen molar-refractivity contribution >= 4 is 0 Å². The highest BCUT2D eigenvalue weighted by Crippen LogP contribution is 2.18. The van der Waals surface area contributed by atoms with Crippen molar-refractivity contribution in [3.63, 3.8) is 0 Å². The van der Waals surface area contributed by atoms with Crippen LogP contribution in [0.3, 0.4) is 0 Å². The molecule has 1 rings (SSSR count). The van der Waals surface area contributed by atoms with E-state index in [1.165, 1.54) is 0 Å². The van der Waals surface area contributed by atoms with Crippen LogP contribution in [0.1, 0.15) is 13.3 Å². The zero-order chi connectivity index (χ0) is 5.28. The Kier molecular flexibility index (Phi) is 1.30. The summed E-state index contributed by atoms with van der Waals surface area (Å²) in [5.74, 6) is 0. The van der Waals surface area contributed by atoms with Crippen molar-refractivity contribution in [3.05, 3.63) is 0 Å². The van der Waals surface area contributed by atoms with Crippen molar-refractivity contribution in [1.82, 2.24) is 0 Å². The highest BCUT2D eigenvalue weighted by atomic mass is 16.5. The van der Waals surface area contributed by atoms with Gasteiger partial charge < -0.3 is 9.84 Å². The quantitative estimate of drug-likeness (QED) is 0.511. The zero-order valence-electron chi connectivity index (χ0n) is 4.42. The van der Waals surface area contributed by atoms with Gasteiger partial charge in [-0.25, -0.2) is 0 Å². The minimum Gasteiger partial charge on any atom is -0.394 e. The molecule has 0 bridgehead atoms. The van der Waals surface area contributed by atoms with E-state index in [0.29, 0.717) is 6.10 Å². The molecule has 2 atom stereocenters. The third kappa shape index (κ3) is 0.924. The third-order valence-corrected chi connectivity index (χ3v) is 1.22. The van der Waals surface area contributed by atoms with Crippen molar-refractivity contribution in [1.29, 1.82) is 0 Å². The molecular weight excluding hydrogens is 92.1 g/mol. The standard InChI is InChI=1S/C5H10O2/c1-4-2-5(3-6)7-4/h4-6H,2-3H2,1H3/t4-,5+/m1/s1. The van der Waals surface area contributed by atoms with Crippen molar-refractivity contribution in [2.24, 2.45) is 0 Å². The van der Waals surface area contributed by atoms with Crippen LogP contribution >= 0.6 is 0 Å². The normalized spacial score (nSPS) is 40.3. The van der Waals surface area contributed by atoms with Crippen LogP contribution in [0, 0.1) is 0 Å². The summed E-state index contributed by atoms with van der Waals surface area (Å²) in [6.07, 6.45) is 1.56. The van der Waals surface area contributed by atoms with E-state index in [1.54, 1.807) is 0 Å². The van der Waals surface area contributed by atoms with Crippen molar-refractivity contribution < 1.29 is 9.84 Å². The van der Waals surface area contributed by atoms with E-state index >= 15 is 0 Å². The third-order valence-electron chi connectivity index (χ3n) is 1.22. The SMILES string of the molecule is C[C@@H]1C[C@@H](CO)O1. The molecule has 1 aliphatic heterocycles. The van der Waals surface area contributed by atoms with E-state index in [9.17, 15) is 0 Å². The molecule has 0 aromatic carbocycles. The molecular formula is C5H10O2. The molecule has 7 heavy (non-hydrogen) atoms. The Labute approximate surface area is 43.1 Å². The summed E-state index contributed by atoms with van der Waals surface area (Å²) in [5.41, 5.74) is 0. The van der Waals surface area contributed by atoms with Crippen LogP contribution in [-0.2, 0) is 4.74 Å². The fourth-order valence-corrected chi connectivity index (χ4v) is 0.805. The molecule has 0 unspecified atom stereocenters. The van der Waals surface area contributed by atoms with Gasteiger partial charge in [-0.1, -0.05) is 0 Å². The van der Waals surface area contributed by atoms with Gasteiger partial charge in [-0.05, 0) is 6.92 Å². The Balaban J connectivity index is 2.06. The molecule has 1 aliphatic rings. The first kappa shape index (κ1) is 5.06. The van der Waals surface area contributed by atoms with Gasteiger partial charge in [-0.15, -0.1) is 0 Å². The lowest BCUT2D eigenvalue weighted by Gasteiger charge is -2.31. The molecule has 0 aromatic rings. The highest BCUT2D eigenvalue weighted by Gasteiger charge is 2.24. The Morgan fingerprint density at radius 2 is 2.43 bits per heavy atom. The van der Waals surface area contributed by atoms with E-state index < -0.39 is 0 Å². The molecule has 42 valence electrons. The van der Waals surface area contributed by atoms with E-state index in [4.69, 9.17) is 9.84 Å². The zero-order valence-corrected chi connectivity index (χ0v) is 4.42. The van der Waals surface area contributed by atoms with Crippen molar-refractivity contribution in [2.45, 2.75) is 25.6 Å². The van der Waals surface area contributed by atoms with Gasteiger partial charge in [-0.3, -0.25) is 0 Å². The summed E-state index contributed by atoms with van der Waals surface area (Å²) in [6.45, 7) is 2.19. The van der Waals surface area contributed by atoms with E-state index in [2.05, 4.69) is 0 Å². The number of hydrogen-bond donors (Lipinski definition) is 1. The molecule has 1 N–H and O–H groups in total. The van der Waals surface area contributed by atoms with E-state index in [1.807, 2.05) is 6.92 Å². The lowest BCUT2D eigenvalue weighted by molar-refractivity contribution is -0.132. The van der Waals surface area contributed by atoms with Gasteiger partial charge in [0, 0.05) is 6.42 Å². The maximum absolute atomic E-state index is 8.38. The predicted molar refractivity (Wildman–Crippen MR) is 26.0 cm³/mol. The molecule has 0 spiro atoms. The molecule has 0 amide bonds. The summed E-state index contributed by atoms with van der Waals surface area (Å²) >= 11 is 0. The summed E-state index contributed by atoms with van der Waals surface area (Å²) in [6, 6.07) is 0. The van der Waals surface area contributed by atoms with Crippen molar-refractivity contribution in [2.75, 3.05) is 6.61 Å². The Bertz CT molecular complexity index is 57.1. The summed E-state index contributed by atoms with van der Waals surface area (Å²) < 4.78 is 5.04. The van der Waals surface area contributed by atoms with Crippen LogP contribution in [0.2, 0.25) is 0 Å². The van der Waals surface area contributed by atoms with Gasteiger partial charge in [-0.2, -0.15) is 0 Å². The summed E-state index contributed by atoms with van der Waals surface area (Å²) in [7, 11) is 0. The number of hydrogen-bond acceptors (Lipinski definition) is 2. The second-order valence-corrected chi connectivity index (χ2v) is 1.99. The number of rotatable bonds is 1. The Morgan fingerprint density at radius 1 is 1.86 bits per heavy atom. The smallest absolute Gasteiger partial charge is 0.0833 e.